The van der Waals surface area contributed by atoms with Gasteiger partial charge in [0.15, 0.2) is 0 Å². The first-order valence-electron chi connectivity index (χ1n) is 9.85. The molecule has 0 spiro atoms. The third-order valence-electron chi connectivity index (χ3n) is 4.65. The predicted molar refractivity (Wildman–Crippen MR) is 106 cm³/mol. The standard InChI is InChI=1S/C23H23F4NO2/c1-3-6-15(14-16(7-4-2)23(25,26)27)22-28-21-19(8-5-9-20(21)30-22)29-18-12-10-17(24)11-13-18/h3,6-7,10-14,19H,4-5,8-9H2,1-2H3/b6-3-,15-14+,16-7-. The van der Waals surface area contributed by atoms with Crippen molar-refractivity contribution in [3.05, 3.63) is 77.3 Å². The van der Waals surface area contributed by atoms with Gasteiger partial charge in [-0.05, 0) is 56.5 Å². The van der Waals surface area contributed by atoms with Gasteiger partial charge in [-0.15, -0.1) is 0 Å². The van der Waals surface area contributed by atoms with Gasteiger partial charge in [-0.25, -0.2) is 9.37 Å². The average Bonchev–Trinajstić information content (AvgIpc) is 3.13. The summed E-state index contributed by atoms with van der Waals surface area (Å²) in [4.78, 5) is 4.48. The molecule has 160 valence electrons. The van der Waals surface area contributed by atoms with Crippen molar-refractivity contribution in [3.8, 4) is 5.75 Å². The minimum Gasteiger partial charge on any atom is -0.484 e. The summed E-state index contributed by atoms with van der Waals surface area (Å²) in [7, 11) is 0. The summed E-state index contributed by atoms with van der Waals surface area (Å²) < 4.78 is 65.0. The van der Waals surface area contributed by atoms with Gasteiger partial charge in [0.05, 0.1) is 5.57 Å². The van der Waals surface area contributed by atoms with Gasteiger partial charge in [-0.2, -0.15) is 13.2 Å². The molecule has 0 radical (unpaired) electrons. The summed E-state index contributed by atoms with van der Waals surface area (Å²) in [5.74, 6) is 0.858. The lowest BCUT2D eigenvalue weighted by Crippen LogP contribution is -2.14. The van der Waals surface area contributed by atoms with Crippen molar-refractivity contribution >= 4 is 5.57 Å². The van der Waals surface area contributed by atoms with Gasteiger partial charge < -0.3 is 9.15 Å². The van der Waals surface area contributed by atoms with E-state index >= 15 is 0 Å². The minimum atomic E-state index is -4.47. The second-order valence-electron chi connectivity index (χ2n) is 6.95. The molecule has 3 nitrogen and oxygen atoms in total. The molecule has 0 aliphatic heterocycles. The molecule has 7 heteroatoms. The summed E-state index contributed by atoms with van der Waals surface area (Å²) >= 11 is 0. The van der Waals surface area contributed by atoms with E-state index in [0.717, 1.165) is 18.6 Å². The molecule has 1 atom stereocenters. The van der Waals surface area contributed by atoms with E-state index in [4.69, 9.17) is 9.15 Å². The van der Waals surface area contributed by atoms with Gasteiger partial charge in [0.1, 0.15) is 29.1 Å². The third kappa shape index (κ3) is 5.20. The van der Waals surface area contributed by atoms with Gasteiger partial charge in [0.25, 0.3) is 0 Å². The highest BCUT2D eigenvalue weighted by Gasteiger charge is 2.33. The van der Waals surface area contributed by atoms with Crippen molar-refractivity contribution in [2.24, 2.45) is 0 Å². The second kappa shape index (κ2) is 9.32. The van der Waals surface area contributed by atoms with Crippen molar-refractivity contribution in [1.29, 1.82) is 0 Å². The van der Waals surface area contributed by atoms with Gasteiger partial charge in [-0.1, -0.05) is 25.2 Å². The first-order valence-corrected chi connectivity index (χ1v) is 9.85. The topological polar surface area (TPSA) is 35.3 Å². The van der Waals surface area contributed by atoms with Gasteiger partial charge in [0, 0.05) is 12.0 Å². The molecular formula is C23H23F4NO2. The van der Waals surface area contributed by atoms with Crippen LogP contribution in [-0.2, 0) is 6.42 Å². The Kier molecular flexibility index (Phi) is 6.80. The fourth-order valence-electron chi connectivity index (χ4n) is 3.30. The fraction of sp³-hybridized carbons (Fsp3) is 0.348. The number of hydrogen-bond donors (Lipinski definition) is 0. The van der Waals surface area contributed by atoms with Crippen LogP contribution in [0.3, 0.4) is 0 Å². The van der Waals surface area contributed by atoms with Crippen molar-refractivity contribution in [1.82, 2.24) is 4.98 Å². The molecule has 0 saturated heterocycles. The van der Waals surface area contributed by atoms with Crippen LogP contribution >= 0.6 is 0 Å². The molecule has 0 N–H and O–H groups in total. The number of hydrogen-bond acceptors (Lipinski definition) is 3. The lowest BCUT2D eigenvalue weighted by atomic mass is 9.99. The minimum absolute atomic E-state index is 0.124. The highest BCUT2D eigenvalue weighted by atomic mass is 19.4. The Morgan fingerprint density at radius 2 is 2.00 bits per heavy atom. The number of rotatable bonds is 6. The molecule has 2 aromatic rings. The quantitative estimate of drug-likeness (QED) is 0.368. The molecule has 0 fully saturated rings. The molecule has 1 aliphatic rings. The van der Waals surface area contributed by atoms with Crippen LogP contribution in [0.5, 0.6) is 5.75 Å². The van der Waals surface area contributed by atoms with Crippen molar-refractivity contribution in [2.45, 2.75) is 51.8 Å². The van der Waals surface area contributed by atoms with Crippen molar-refractivity contribution in [2.75, 3.05) is 0 Å². The number of aromatic nitrogens is 1. The predicted octanol–water partition coefficient (Wildman–Crippen LogP) is 7.13. The van der Waals surface area contributed by atoms with Crippen LogP contribution in [0.15, 0.2) is 58.6 Å². The summed E-state index contributed by atoms with van der Waals surface area (Å²) in [5, 5.41) is 0. The zero-order valence-electron chi connectivity index (χ0n) is 16.8. The zero-order valence-corrected chi connectivity index (χ0v) is 16.8. The highest BCUT2D eigenvalue weighted by molar-refractivity contribution is 5.71. The number of nitrogens with zero attached hydrogens (tertiary/aromatic N) is 1. The third-order valence-corrected chi connectivity index (χ3v) is 4.65. The van der Waals surface area contributed by atoms with Crippen molar-refractivity contribution < 1.29 is 26.7 Å². The Balaban J connectivity index is 1.95. The number of benzene rings is 1. The van der Waals surface area contributed by atoms with E-state index in [1.807, 2.05) is 0 Å². The molecule has 3 rings (SSSR count). The van der Waals surface area contributed by atoms with Crippen LogP contribution < -0.4 is 4.74 Å². The largest absolute Gasteiger partial charge is 0.484 e. The summed E-state index contributed by atoms with van der Waals surface area (Å²) in [5.41, 5.74) is 0.0712. The molecule has 0 saturated carbocycles. The Labute approximate surface area is 172 Å². The lowest BCUT2D eigenvalue weighted by Gasteiger charge is -2.21. The van der Waals surface area contributed by atoms with Gasteiger partial charge in [0.2, 0.25) is 5.89 Å². The Morgan fingerprint density at radius 3 is 2.63 bits per heavy atom. The number of ether oxygens (including phenoxy) is 1. The van der Waals surface area contributed by atoms with E-state index in [1.165, 1.54) is 24.3 Å². The van der Waals surface area contributed by atoms with Crippen LogP contribution in [0.4, 0.5) is 17.6 Å². The van der Waals surface area contributed by atoms with Gasteiger partial charge >= 0.3 is 6.18 Å². The normalized spacial score (nSPS) is 18.0. The maximum Gasteiger partial charge on any atom is 0.416 e. The Morgan fingerprint density at radius 1 is 1.27 bits per heavy atom. The van der Waals surface area contributed by atoms with E-state index in [2.05, 4.69) is 4.98 Å². The maximum absolute atomic E-state index is 13.3. The lowest BCUT2D eigenvalue weighted by molar-refractivity contribution is -0.0883. The SMILES string of the molecule is C\C=C/C(=C\C(=C\CC)C(F)(F)F)c1nc2c(o1)CCCC2Oc1ccc(F)cc1. The van der Waals surface area contributed by atoms with Gasteiger partial charge in [-0.3, -0.25) is 0 Å². The molecule has 1 unspecified atom stereocenters. The summed E-state index contributed by atoms with van der Waals surface area (Å²) in [6, 6.07) is 5.67. The second-order valence-corrected chi connectivity index (χ2v) is 6.95. The van der Waals surface area contributed by atoms with E-state index in [9.17, 15) is 17.6 Å². The van der Waals surface area contributed by atoms with Crippen LogP contribution in [0, 0.1) is 5.82 Å². The fourth-order valence-corrected chi connectivity index (χ4v) is 3.30. The van der Waals surface area contributed by atoms with Crippen LogP contribution in [-0.4, -0.2) is 11.2 Å². The average molecular weight is 421 g/mol. The van der Waals surface area contributed by atoms with Crippen LogP contribution in [0.25, 0.3) is 5.57 Å². The molecule has 30 heavy (non-hydrogen) atoms. The van der Waals surface area contributed by atoms with E-state index < -0.39 is 17.9 Å². The van der Waals surface area contributed by atoms with E-state index in [0.29, 0.717) is 30.0 Å². The van der Waals surface area contributed by atoms with Crippen LogP contribution in [0.1, 0.15) is 56.6 Å². The van der Waals surface area contributed by atoms with Crippen LogP contribution in [0.2, 0.25) is 0 Å². The molecule has 1 aliphatic carbocycles. The van der Waals surface area contributed by atoms with E-state index in [-0.39, 0.29) is 23.7 Å². The summed E-state index contributed by atoms with van der Waals surface area (Å²) in [6.07, 6.45) is 2.85. The van der Waals surface area contributed by atoms with Crippen molar-refractivity contribution in [3.63, 3.8) is 0 Å². The molecular weight excluding hydrogens is 398 g/mol. The first-order chi connectivity index (χ1) is 14.3. The Hall–Kier alpha value is -2.83. The molecule has 0 amide bonds. The monoisotopic (exact) mass is 421 g/mol. The molecule has 1 heterocycles. The Bertz CT molecular complexity index is 953. The smallest absolute Gasteiger partial charge is 0.416 e. The molecule has 1 aromatic carbocycles. The number of fused-ring (bicyclic) bond motifs is 1. The highest BCUT2D eigenvalue weighted by Crippen LogP contribution is 2.36. The molecule has 1 aromatic heterocycles. The number of aryl methyl sites for hydroxylation is 1. The first kappa shape index (κ1) is 21.9. The number of alkyl halides is 3. The number of halogens is 4. The summed E-state index contributed by atoms with van der Waals surface area (Å²) in [6.45, 7) is 3.37. The maximum atomic E-state index is 13.3. The van der Waals surface area contributed by atoms with E-state index in [1.54, 1.807) is 26.0 Å². The molecule has 0 bridgehead atoms. The number of oxazole rings is 1. The zero-order chi connectivity index (χ0) is 21.7. The number of allylic oxidation sites excluding steroid dienone is 6.